The minimum absolute atomic E-state index is 0.0441. The molecule has 2 rings (SSSR count). The predicted molar refractivity (Wildman–Crippen MR) is 52.7 cm³/mol. The Bertz CT molecular complexity index is 353. The number of carbonyl (C=O) groups excluding carboxylic acids is 1. The van der Waals surface area contributed by atoms with Gasteiger partial charge in [0.1, 0.15) is 5.82 Å². The van der Waals surface area contributed by atoms with Gasteiger partial charge in [0, 0.05) is 17.5 Å². The van der Waals surface area contributed by atoms with E-state index < -0.39 is 0 Å². The summed E-state index contributed by atoms with van der Waals surface area (Å²) in [6.45, 7) is 1.88. The smallest absolute Gasteiger partial charge is 0.227 e. The Kier molecular flexibility index (Phi) is 2.03. The third kappa shape index (κ3) is 1.93. The number of hydrogen-bond donors (Lipinski definition) is 3. The highest BCUT2D eigenvalue weighted by Gasteiger charge is 2.40. The van der Waals surface area contributed by atoms with E-state index in [-0.39, 0.29) is 11.4 Å². The van der Waals surface area contributed by atoms with Gasteiger partial charge in [0.25, 0.3) is 0 Å². The van der Waals surface area contributed by atoms with Gasteiger partial charge in [0.15, 0.2) is 0 Å². The Morgan fingerprint density at radius 2 is 2.50 bits per heavy atom. The van der Waals surface area contributed by atoms with Crippen LogP contribution in [0.15, 0.2) is 6.20 Å². The Morgan fingerprint density at radius 1 is 1.79 bits per heavy atom. The topological polar surface area (TPSA) is 83.8 Å². The second kappa shape index (κ2) is 3.09. The third-order valence-electron chi connectivity index (χ3n) is 2.50. The molecule has 0 aromatic carbocycles. The summed E-state index contributed by atoms with van der Waals surface area (Å²) < 4.78 is 0. The Morgan fingerprint density at radius 3 is 3.00 bits per heavy atom. The first kappa shape index (κ1) is 9.21. The van der Waals surface area contributed by atoms with Crippen LogP contribution in [0.3, 0.4) is 0 Å². The number of carbonyl (C=O) groups is 1. The standard InChI is InChI=1S/C9H14N4O/c1-6-5-11-13-8(6)12-7(14)4-9(10)2-3-9/h5H,2-4,10H2,1H3,(H2,11,12,13,14). The van der Waals surface area contributed by atoms with Gasteiger partial charge in [-0.1, -0.05) is 0 Å². The van der Waals surface area contributed by atoms with Crippen LogP contribution in [0, 0.1) is 6.92 Å². The Hall–Kier alpha value is -1.36. The van der Waals surface area contributed by atoms with E-state index in [9.17, 15) is 4.79 Å². The Balaban J connectivity index is 1.91. The van der Waals surface area contributed by atoms with Crippen molar-refractivity contribution in [2.45, 2.75) is 31.7 Å². The van der Waals surface area contributed by atoms with Crippen molar-refractivity contribution < 1.29 is 4.79 Å². The SMILES string of the molecule is Cc1cn[nH]c1NC(=O)CC1(N)CC1. The molecule has 1 fully saturated rings. The highest BCUT2D eigenvalue weighted by atomic mass is 16.1. The number of aromatic amines is 1. The van der Waals surface area contributed by atoms with Crippen molar-refractivity contribution in [3.8, 4) is 0 Å². The van der Waals surface area contributed by atoms with Crippen LogP contribution in [-0.2, 0) is 4.79 Å². The van der Waals surface area contributed by atoms with Crippen LogP contribution in [-0.4, -0.2) is 21.6 Å². The Labute approximate surface area is 82.1 Å². The average Bonchev–Trinajstić information content (AvgIpc) is 2.67. The van der Waals surface area contributed by atoms with E-state index in [2.05, 4.69) is 15.5 Å². The molecule has 5 heteroatoms. The van der Waals surface area contributed by atoms with Crippen molar-refractivity contribution in [2.75, 3.05) is 5.32 Å². The van der Waals surface area contributed by atoms with Gasteiger partial charge in [-0.15, -0.1) is 0 Å². The molecule has 14 heavy (non-hydrogen) atoms. The van der Waals surface area contributed by atoms with E-state index in [1.807, 2.05) is 6.92 Å². The number of hydrogen-bond acceptors (Lipinski definition) is 3. The first-order valence-electron chi connectivity index (χ1n) is 4.68. The number of amides is 1. The van der Waals surface area contributed by atoms with Crippen molar-refractivity contribution in [1.82, 2.24) is 10.2 Å². The number of nitrogens with two attached hydrogens (primary N) is 1. The molecule has 76 valence electrons. The molecule has 0 unspecified atom stereocenters. The monoisotopic (exact) mass is 194 g/mol. The first-order valence-corrected chi connectivity index (χ1v) is 4.68. The quantitative estimate of drug-likeness (QED) is 0.656. The summed E-state index contributed by atoms with van der Waals surface area (Å²) in [6.07, 6.45) is 3.96. The largest absolute Gasteiger partial charge is 0.325 e. The first-order chi connectivity index (χ1) is 6.59. The van der Waals surface area contributed by atoms with E-state index in [1.165, 1.54) is 0 Å². The van der Waals surface area contributed by atoms with E-state index in [1.54, 1.807) is 6.20 Å². The number of H-pyrrole nitrogens is 1. The van der Waals surface area contributed by atoms with Crippen LogP contribution < -0.4 is 11.1 Å². The van der Waals surface area contributed by atoms with E-state index in [0.717, 1.165) is 18.4 Å². The van der Waals surface area contributed by atoms with Crippen LogP contribution >= 0.6 is 0 Å². The molecule has 0 saturated heterocycles. The number of rotatable bonds is 3. The second-order valence-electron chi connectivity index (χ2n) is 4.02. The zero-order valence-electron chi connectivity index (χ0n) is 8.13. The van der Waals surface area contributed by atoms with E-state index in [0.29, 0.717) is 12.2 Å². The lowest BCUT2D eigenvalue weighted by molar-refractivity contribution is -0.116. The van der Waals surface area contributed by atoms with Gasteiger partial charge in [-0.2, -0.15) is 5.10 Å². The van der Waals surface area contributed by atoms with Gasteiger partial charge >= 0.3 is 0 Å². The van der Waals surface area contributed by atoms with Crippen LogP contribution in [0.4, 0.5) is 5.82 Å². The number of nitrogens with one attached hydrogen (secondary N) is 2. The predicted octanol–water partition coefficient (Wildman–Crippen LogP) is 0.538. The molecule has 1 aromatic heterocycles. The number of aromatic nitrogens is 2. The molecule has 1 aliphatic rings. The lowest BCUT2D eigenvalue weighted by atomic mass is 10.2. The normalized spacial score (nSPS) is 17.9. The van der Waals surface area contributed by atoms with Crippen molar-refractivity contribution >= 4 is 11.7 Å². The van der Waals surface area contributed by atoms with Gasteiger partial charge in [-0.05, 0) is 19.8 Å². The van der Waals surface area contributed by atoms with Crippen LogP contribution in [0.2, 0.25) is 0 Å². The van der Waals surface area contributed by atoms with Crippen molar-refractivity contribution in [3.05, 3.63) is 11.8 Å². The zero-order valence-corrected chi connectivity index (χ0v) is 8.13. The zero-order chi connectivity index (χ0) is 10.2. The van der Waals surface area contributed by atoms with Crippen LogP contribution in [0.5, 0.6) is 0 Å². The summed E-state index contributed by atoms with van der Waals surface area (Å²) >= 11 is 0. The molecular formula is C9H14N4O. The minimum Gasteiger partial charge on any atom is -0.325 e. The maximum Gasteiger partial charge on any atom is 0.227 e. The highest BCUT2D eigenvalue weighted by Crippen LogP contribution is 2.35. The molecule has 1 aromatic rings. The third-order valence-corrected chi connectivity index (χ3v) is 2.50. The molecule has 0 radical (unpaired) electrons. The van der Waals surface area contributed by atoms with Gasteiger partial charge in [-0.25, -0.2) is 0 Å². The van der Waals surface area contributed by atoms with Gasteiger partial charge < -0.3 is 11.1 Å². The molecular weight excluding hydrogens is 180 g/mol. The van der Waals surface area contributed by atoms with Crippen LogP contribution in [0.1, 0.15) is 24.8 Å². The molecule has 1 amide bonds. The van der Waals surface area contributed by atoms with Gasteiger partial charge in [-0.3, -0.25) is 9.89 Å². The average molecular weight is 194 g/mol. The molecule has 0 aliphatic heterocycles. The number of aryl methyl sites for hydroxylation is 1. The van der Waals surface area contributed by atoms with Gasteiger partial charge in [0.05, 0.1) is 6.20 Å². The van der Waals surface area contributed by atoms with Crippen molar-refractivity contribution in [1.29, 1.82) is 0 Å². The number of nitrogens with zero attached hydrogens (tertiary/aromatic N) is 1. The van der Waals surface area contributed by atoms with E-state index >= 15 is 0 Å². The van der Waals surface area contributed by atoms with Crippen molar-refractivity contribution in [2.24, 2.45) is 5.73 Å². The van der Waals surface area contributed by atoms with E-state index in [4.69, 9.17) is 5.73 Å². The molecule has 0 bridgehead atoms. The molecule has 5 nitrogen and oxygen atoms in total. The maximum atomic E-state index is 11.5. The lowest BCUT2D eigenvalue weighted by Crippen LogP contribution is -2.28. The summed E-state index contributed by atoms with van der Waals surface area (Å²) in [5, 5.41) is 9.29. The molecule has 0 atom stereocenters. The maximum absolute atomic E-state index is 11.5. The summed E-state index contributed by atoms with van der Waals surface area (Å²) in [7, 11) is 0. The summed E-state index contributed by atoms with van der Waals surface area (Å²) in [5.74, 6) is 0.622. The number of anilines is 1. The molecule has 0 spiro atoms. The fraction of sp³-hybridized carbons (Fsp3) is 0.556. The molecule has 1 aliphatic carbocycles. The second-order valence-corrected chi connectivity index (χ2v) is 4.02. The van der Waals surface area contributed by atoms with Crippen molar-refractivity contribution in [3.63, 3.8) is 0 Å². The summed E-state index contributed by atoms with van der Waals surface area (Å²) in [5.41, 5.74) is 6.52. The van der Waals surface area contributed by atoms with Gasteiger partial charge in [0.2, 0.25) is 5.91 Å². The fourth-order valence-electron chi connectivity index (χ4n) is 1.31. The molecule has 4 N–H and O–H groups in total. The fourth-order valence-corrected chi connectivity index (χ4v) is 1.31. The molecule has 1 saturated carbocycles. The van der Waals surface area contributed by atoms with Crippen LogP contribution in [0.25, 0.3) is 0 Å². The summed E-state index contributed by atoms with van der Waals surface area (Å²) in [4.78, 5) is 11.5. The lowest BCUT2D eigenvalue weighted by Gasteiger charge is -2.08. The molecule has 1 heterocycles. The highest BCUT2D eigenvalue weighted by molar-refractivity contribution is 5.91. The summed E-state index contributed by atoms with van der Waals surface area (Å²) in [6, 6.07) is 0. The minimum atomic E-state index is -0.238.